The smallest absolute Gasteiger partial charge is 0.244 e. The van der Waals surface area contributed by atoms with Crippen LogP contribution in [0.3, 0.4) is 0 Å². The molecule has 1 aliphatic rings. The second-order valence-electron chi connectivity index (χ2n) is 8.20. The number of allylic oxidation sites excluding steroid dienone is 1. The number of methoxy groups -OCH3 is 1. The van der Waals surface area contributed by atoms with Gasteiger partial charge < -0.3 is 14.5 Å². The molecule has 4 rings (SSSR count). The Morgan fingerprint density at radius 3 is 2.63 bits per heavy atom. The highest BCUT2D eigenvalue weighted by molar-refractivity contribution is 5.98. The van der Waals surface area contributed by atoms with Gasteiger partial charge in [0.2, 0.25) is 5.91 Å². The molecule has 0 atom stereocenters. The second-order valence-corrected chi connectivity index (χ2v) is 8.20. The number of amides is 1. The van der Waals surface area contributed by atoms with Crippen molar-refractivity contribution >= 4 is 22.4 Å². The van der Waals surface area contributed by atoms with Crippen molar-refractivity contribution in [2.45, 2.75) is 53.0 Å². The van der Waals surface area contributed by atoms with Crippen LogP contribution >= 0.6 is 0 Å². The van der Waals surface area contributed by atoms with Crippen LogP contribution in [0.15, 0.2) is 40.8 Å². The highest BCUT2D eigenvalue weighted by atomic mass is 16.5. The summed E-state index contributed by atoms with van der Waals surface area (Å²) in [7, 11) is 1.67. The third kappa shape index (κ3) is 3.87. The van der Waals surface area contributed by atoms with Crippen molar-refractivity contribution in [3.63, 3.8) is 0 Å². The maximum atomic E-state index is 12.6. The molecular weight excluding hydrogens is 374 g/mol. The molecular formula is C26H29NO3. The quantitative estimate of drug-likeness (QED) is 0.560. The van der Waals surface area contributed by atoms with Crippen molar-refractivity contribution in [3.8, 4) is 5.75 Å². The monoisotopic (exact) mass is 403 g/mol. The zero-order valence-electron chi connectivity index (χ0n) is 18.2. The fraction of sp³-hybridized carbons (Fsp3) is 0.346. The van der Waals surface area contributed by atoms with Gasteiger partial charge in [-0.05, 0) is 57.2 Å². The van der Waals surface area contributed by atoms with Crippen LogP contribution in [0.2, 0.25) is 0 Å². The van der Waals surface area contributed by atoms with Crippen LogP contribution in [-0.4, -0.2) is 13.0 Å². The molecule has 1 N–H and O–H groups in total. The summed E-state index contributed by atoms with van der Waals surface area (Å²) >= 11 is 0. The summed E-state index contributed by atoms with van der Waals surface area (Å²) in [5.74, 6) is 1.77. The first-order valence-corrected chi connectivity index (χ1v) is 10.6. The van der Waals surface area contributed by atoms with E-state index in [4.69, 9.17) is 9.15 Å². The van der Waals surface area contributed by atoms with Crippen LogP contribution < -0.4 is 10.1 Å². The Bertz CT molecular complexity index is 1120. The zero-order chi connectivity index (χ0) is 21.3. The van der Waals surface area contributed by atoms with E-state index in [0.717, 1.165) is 57.6 Å². The Hall–Kier alpha value is -3.01. The Kier molecular flexibility index (Phi) is 5.67. The molecule has 0 unspecified atom stereocenters. The number of benzene rings is 2. The molecule has 0 fully saturated rings. The number of hydrogen-bond donors (Lipinski definition) is 1. The average molecular weight is 404 g/mol. The third-order valence-corrected chi connectivity index (χ3v) is 5.99. The number of aryl methyl sites for hydroxylation is 4. The molecule has 0 bridgehead atoms. The Labute approximate surface area is 177 Å². The maximum absolute atomic E-state index is 12.6. The van der Waals surface area contributed by atoms with Gasteiger partial charge in [-0.15, -0.1) is 0 Å². The van der Waals surface area contributed by atoms with E-state index in [-0.39, 0.29) is 5.91 Å². The molecule has 0 aliphatic heterocycles. The third-order valence-electron chi connectivity index (χ3n) is 5.99. The summed E-state index contributed by atoms with van der Waals surface area (Å²) < 4.78 is 11.9. The minimum Gasteiger partial charge on any atom is -0.496 e. The van der Waals surface area contributed by atoms with Crippen molar-refractivity contribution in [1.29, 1.82) is 0 Å². The van der Waals surface area contributed by atoms with Gasteiger partial charge in [0, 0.05) is 41.1 Å². The first-order chi connectivity index (χ1) is 14.5. The number of hydrogen-bond acceptors (Lipinski definition) is 3. The molecule has 4 nitrogen and oxygen atoms in total. The molecule has 30 heavy (non-hydrogen) atoms. The van der Waals surface area contributed by atoms with E-state index < -0.39 is 0 Å². The lowest BCUT2D eigenvalue weighted by atomic mass is 9.93. The molecule has 0 saturated heterocycles. The van der Waals surface area contributed by atoms with Crippen molar-refractivity contribution in [2.75, 3.05) is 7.11 Å². The fourth-order valence-electron chi connectivity index (χ4n) is 4.31. The number of furan rings is 1. The molecule has 1 aliphatic carbocycles. The largest absolute Gasteiger partial charge is 0.496 e. The first-order valence-electron chi connectivity index (χ1n) is 10.6. The van der Waals surface area contributed by atoms with Gasteiger partial charge in [0.25, 0.3) is 0 Å². The molecule has 4 heteroatoms. The standard InChI is InChI=1S/C26H29NO3/c1-16-9-11-19(12-10-16)15-27-24(28)13-17(2)21-14-22-20-7-5-6-8-23(20)30-26(22)18(3)25(21)29-4/h9-14H,5-8,15H2,1-4H3,(H,27,28)/b17-13+. The molecule has 0 spiro atoms. The molecule has 156 valence electrons. The summed E-state index contributed by atoms with van der Waals surface area (Å²) in [5.41, 5.74) is 7.34. The normalized spacial score (nSPS) is 13.9. The predicted molar refractivity (Wildman–Crippen MR) is 121 cm³/mol. The average Bonchev–Trinajstić information content (AvgIpc) is 3.12. The number of carbonyl (C=O) groups is 1. The van der Waals surface area contributed by atoms with Crippen molar-refractivity contribution in [1.82, 2.24) is 5.32 Å². The van der Waals surface area contributed by atoms with E-state index in [1.165, 1.54) is 24.0 Å². The van der Waals surface area contributed by atoms with E-state index in [2.05, 4.69) is 30.4 Å². The van der Waals surface area contributed by atoms with E-state index in [1.54, 1.807) is 13.2 Å². The minimum atomic E-state index is -0.109. The van der Waals surface area contributed by atoms with Crippen LogP contribution in [0.4, 0.5) is 0 Å². The van der Waals surface area contributed by atoms with Gasteiger partial charge >= 0.3 is 0 Å². The van der Waals surface area contributed by atoms with Gasteiger partial charge in [0.15, 0.2) is 0 Å². The molecule has 0 saturated carbocycles. The van der Waals surface area contributed by atoms with Crippen LogP contribution in [-0.2, 0) is 24.2 Å². The van der Waals surface area contributed by atoms with Crippen molar-refractivity contribution in [2.24, 2.45) is 0 Å². The highest BCUT2D eigenvalue weighted by Gasteiger charge is 2.23. The number of ether oxygens (including phenoxy) is 1. The lowest BCUT2D eigenvalue weighted by Gasteiger charge is -2.13. The van der Waals surface area contributed by atoms with Crippen molar-refractivity contribution in [3.05, 3.63) is 70.0 Å². The van der Waals surface area contributed by atoms with Crippen LogP contribution in [0.1, 0.15) is 53.3 Å². The Morgan fingerprint density at radius 1 is 1.17 bits per heavy atom. The predicted octanol–water partition coefficient (Wildman–Crippen LogP) is 5.66. The SMILES string of the molecule is COc1c(/C(C)=C/C(=O)NCc2ccc(C)cc2)cc2c3c(oc2c1C)CCCC3. The molecule has 1 amide bonds. The number of fused-ring (bicyclic) bond motifs is 3. The summed E-state index contributed by atoms with van der Waals surface area (Å²) in [6.07, 6.45) is 6.07. The topological polar surface area (TPSA) is 51.5 Å². The summed E-state index contributed by atoms with van der Waals surface area (Å²) in [6, 6.07) is 10.3. The molecule has 3 aromatic rings. The van der Waals surface area contributed by atoms with Gasteiger partial charge in [0.1, 0.15) is 17.1 Å². The minimum absolute atomic E-state index is 0.109. The highest BCUT2D eigenvalue weighted by Crippen LogP contribution is 2.40. The zero-order valence-corrected chi connectivity index (χ0v) is 18.2. The summed E-state index contributed by atoms with van der Waals surface area (Å²) in [5, 5.41) is 4.14. The fourth-order valence-corrected chi connectivity index (χ4v) is 4.31. The van der Waals surface area contributed by atoms with E-state index in [1.807, 2.05) is 26.0 Å². The molecule has 0 radical (unpaired) electrons. The van der Waals surface area contributed by atoms with Gasteiger partial charge in [-0.1, -0.05) is 29.8 Å². The van der Waals surface area contributed by atoms with Gasteiger partial charge in [-0.3, -0.25) is 4.79 Å². The second kappa shape index (κ2) is 8.39. The van der Waals surface area contributed by atoms with Gasteiger partial charge in [0.05, 0.1) is 7.11 Å². The van der Waals surface area contributed by atoms with E-state index in [0.29, 0.717) is 6.54 Å². The van der Waals surface area contributed by atoms with Crippen molar-refractivity contribution < 1.29 is 13.9 Å². The molecule has 1 heterocycles. The Balaban J connectivity index is 1.63. The number of nitrogens with one attached hydrogen (secondary N) is 1. The molecule has 1 aromatic heterocycles. The van der Waals surface area contributed by atoms with Crippen LogP contribution in [0, 0.1) is 13.8 Å². The van der Waals surface area contributed by atoms with Gasteiger partial charge in [-0.25, -0.2) is 0 Å². The summed E-state index contributed by atoms with van der Waals surface area (Å²) in [6.45, 7) is 6.55. The lowest BCUT2D eigenvalue weighted by molar-refractivity contribution is -0.116. The number of rotatable bonds is 5. The summed E-state index contributed by atoms with van der Waals surface area (Å²) in [4.78, 5) is 12.6. The van der Waals surface area contributed by atoms with E-state index in [9.17, 15) is 4.79 Å². The first kappa shape index (κ1) is 20.3. The van der Waals surface area contributed by atoms with Gasteiger partial charge in [-0.2, -0.15) is 0 Å². The van der Waals surface area contributed by atoms with Crippen LogP contribution in [0.5, 0.6) is 5.75 Å². The lowest BCUT2D eigenvalue weighted by Crippen LogP contribution is -2.20. The molecule has 2 aromatic carbocycles. The number of carbonyl (C=O) groups excluding carboxylic acids is 1. The van der Waals surface area contributed by atoms with Crippen LogP contribution in [0.25, 0.3) is 16.5 Å². The van der Waals surface area contributed by atoms with E-state index >= 15 is 0 Å². The Morgan fingerprint density at radius 2 is 1.90 bits per heavy atom. The maximum Gasteiger partial charge on any atom is 0.244 e.